The van der Waals surface area contributed by atoms with Gasteiger partial charge in [0.15, 0.2) is 0 Å². The van der Waals surface area contributed by atoms with Crippen molar-refractivity contribution in [3.05, 3.63) is 45.9 Å². The van der Waals surface area contributed by atoms with Crippen LogP contribution in [-0.4, -0.2) is 50.4 Å². The van der Waals surface area contributed by atoms with E-state index < -0.39 is 10.8 Å². The Balaban J connectivity index is 1.99. The summed E-state index contributed by atoms with van der Waals surface area (Å²) in [5.74, 6) is 5.11. The van der Waals surface area contributed by atoms with Crippen LogP contribution in [0.4, 0.5) is 5.69 Å². The number of anilines is 1. The van der Waals surface area contributed by atoms with E-state index in [1.807, 2.05) is 31.2 Å². The standard InChI is InChI=1S/C18H24N6O3S/c1-5-13-8-6-7-9-14(13)20-15(25)10-23(4)17(27)12(3)28-18-22-21-11(2)16(26)24(18)19/h6-9,12H,5,10,19H2,1-4H3,(H,20,25). The molecule has 9 nitrogen and oxygen atoms in total. The van der Waals surface area contributed by atoms with Gasteiger partial charge in [-0.2, -0.15) is 4.68 Å². The van der Waals surface area contributed by atoms with Crippen LogP contribution in [0.2, 0.25) is 0 Å². The molecule has 0 radical (unpaired) electrons. The van der Waals surface area contributed by atoms with Gasteiger partial charge in [0.1, 0.15) is 5.69 Å². The number of thioether (sulfide) groups is 1. The molecule has 1 aromatic carbocycles. The number of nitrogens with zero attached hydrogens (tertiary/aromatic N) is 4. The highest BCUT2D eigenvalue weighted by atomic mass is 32.2. The smallest absolute Gasteiger partial charge is 0.294 e. The molecule has 0 saturated heterocycles. The Kier molecular flexibility index (Phi) is 7.16. The van der Waals surface area contributed by atoms with Gasteiger partial charge < -0.3 is 16.1 Å². The second kappa shape index (κ2) is 9.36. The zero-order valence-corrected chi connectivity index (χ0v) is 17.1. The normalized spacial score (nSPS) is 11.7. The van der Waals surface area contributed by atoms with E-state index in [4.69, 9.17) is 5.84 Å². The van der Waals surface area contributed by atoms with Crippen molar-refractivity contribution in [2.75, 3.05) is 24.8 Å². The van der Waals surface area contributed by atoms with E-state index >= 15 is 0 Å². The lowest BCUT2D eigenvalue weighted by molar-refractivity contribution is -0.132. The van der Waals surface area contributed by atoms with Crippen molar-refractivity contribution in [2.24, 2.45) is 0 Å². The van der Waals surface area contributed by atoms with Crippen molar-refractivity contribution < 1.29 is 9.59 Å². The van der Waals surface area contributed by atoms with Gasteiger partial charge in [0.2, 0.25) is 17.0 Å². The number of aromatic nitrogens is 3. The molecule has 0 bridgehead atoms. The Morgan fingerprint density at radius 3 is 2.68 bits per heavy atom. The minimum Gasteiger partial charge on any atom is -0.335 e. The molecule has 1 atom stereocenters. The van der Waals surface area contributed by atoms with E-state index in [1.165, 1.54) is 11.8 Å². The average Bonchev–Trinajstić information content (AvgIpc) is 2.68. The summed E-state index contributed by atoms with van der Waals surface area (Å²) >= 11 is 1.01. The van der Waals surface area contributed by atoms with Gasteiger partial charge in [-0.05, 0) is 31.9 Å². The molecule has 1 unspecified atom stereocenters. The van der Waals surface area contributed by atoms with Gasteiger partial charge in [-0.1, -0.05) is 36.9 Å². The van der Waals surface area contributed by atoms with Crippen LogP contribution in [0.1, 0.15) is 25.1 Å². The fourth-order valence-electron chi connectivity index (χ4n) is 2.50. The quantitative estimate of drug-likeness (QED) is 0.517. The number of aryl methyl sites for hydroxylation is 2. The molecule has 10 heteroatoms. The van der Waals surface area contributed by atoms with Crippen molar-refractivity contribution in [3.8, 4) is 0 Å². The molecule has 1 aromatic heterocycles. The van der Waals surface area contributed by atoms with Crippen LogP contribution < -0.4 is 16.7 Å². The number of rotatable bonds is 7. The van der Waals surface area contributed by atoms with Crippen LogP contribution in [0.15, 0.2) is 34.2 Å². The Hall–Kier alpha value is -2.88. The number of hydrogen-bond acceptors (Lipinski definition) is 7. The zero-order valence-electron chi connectivity index (χ0n) is 16.3. The largest absolute Gasteiger partial charge is 0.335 e. The second-order valence-corrected chi connectivity index (χ2v) is 7.56. The maximum absolute atomic E-state index is 12.6. The zero-order chi connectivity index (χ0) is 20.8. The molecule has 2 amide bonds. The number of carbonyl (C=O) groups excluding carboxylic acids is 2. The Morgan fingerprint density at radius 2 is 2.00 bits per heavy atom. The first kappa shape index (κ1) is 21.4. The first-order chi connectivity index (χ1) is 13.2. The summed E-state index contributed by atoms with van der Waals surface area (Å²) in [4.78, 5) is 38.0. The molecule has 0 aliphatic carbocycles. The lowest BCUT2D eigenvalue weighted by atomic mass is 10.1. The third-order valence-electron chi connectivity index (χ3n) is 4.08. The molecule has 2 aromatic rings. The molecule has 0 aliphatic rings. The molecule has 1 heterocycles. The lowest BCUT2D eigenvalue weighted by Gasteiger charge is -2.21. The molecule has 0 fully saturated rings. The number of hydrogen-bond donors (Lipinski definition) is 2. The molecule has 0 spiro atoms. The summed E-state index contributed by atoms with van der Waals surface area (Å²) in [5.41, 5.74) is 1.46. The fourth-order valence-corrected chi connectivity index (χ4v) is 3.38. The monoisotopic (exact) mass is 404 g/mol. The molecule has 0 saturated carbocycles. The van der Waals surface area contributed by atoms with Crippen LogP contribution in [0, 0.1) is 6.92 Å². The number of para-hydroxylation sites is 1. The topological polar surface area (TPSA) is 123 Å². The van der Waals surface area contributed by atoms with Crippen molar-refractivity contribution in [1.29, 1.82) is 0 Å². The van der Waals surface area contributed by atoms with E-state index in [2.05, 4.69) is 15.5 Å². The fraction of sp³-hybridized carbons (Fsp3) is 0.389. The Morgan fingerprint density at radius 1 is 1.32 bits per heavy atom. The summed E-state index contributed by atoms with van der Waals surface area (Å²) in [5, 5.41) is 9.95. The van der Waals surface area contributed by atoms with Crippen molar-refractivity contribution in [3.63, 3.8) is 0 Å². The van der Waals surface area contributed by atoms with E-state index in [0.717, 1.165) is 34.1 Å². The van der Waals surface area contributed by atoms with Gasteiger partial charge in [-0.25, -0.2) is 0 Å². The maximum Gasteiger partial charge on any atom is 0.294 e. The molecule has 3 N–H and O–H groups in total. The predicted molar refractivity (Wildman–Crippen MR) is 109 cm³/mol. The van der Waals surface area contributed by atoms with Gasteiger partial charge in [-0.3, -0.25) is 14.4 Å². The van der Waals surface area contributed by atoms with Crippen LogP contribution >= 0.6 is 11.8 Å². The minimum absolute atomic E-state index is 0.100. The summed E-state index contributed by atoms with van der Waals surface area (Å²) in [6, 6.07) is 7.52. The van der Waals surface area contributed by atoms with Gasteiger partial charge in [0.25, 0.3) is 5.56 Å². The molecule has 28 heavy (non-hydrogen) atoms. The molecule has 0 aliphatic heterocycles. The predicted octanol–water partition coefficient (Wildman–Crippen LogP) is 0.801. The maximum atomic E-state index is 12.6. The van der Waals surface area contributed by atoms with Crippen molar-refractivity contribution in [1.82, 2.24) is 19.8 Å². The molecule has 2 rings (SSSR count). The lowest BCUT2D eigenvalue weighted by Crippen LogP contribution is -2.39. The number of nitrogen functional groups attached to an aromatic ring is 1. The van der Waals surface area contributed by atoms with Crippen LogP contribution in [0.5, 0.6) is 0 Å². The number of nitrogens with two attached hydrogens (primary N) is 1. The summed E-state index contributed by atoms with van der Waals surface area (Å²) in [6.07, 6.45) is 0.789. The van der Waals surface area contributed by atoms with E-state index in [1.54, 1.807) is 14.0 Å². The molecule has 150 valence electrons. The van der Waals surface area contributed by atoms with Gasteiger partial charge in [0.05, 0.1) is 11.8 Å². The first-order valence-corrected chi connectivity index (χ1v) is 9.63. The SMILES string of the molecule is CCc1ccccc1NC(=O)CN(C)C(=O)C(C)Sc1nnc(C)c(=O)n1N. The van der Waals surface area contributed by atoms with Gasteiger partial charge in [-0.15, -0.1) is 10.2 Å². The highest BCUT2D eigenvalue weighted by Gasteiger charge is 2.23. The number of carbonyl (C=O) groups is 2. The number of amides is 2. The van der Waals surface area contributed by atoms with E-state index in [9.17, 15) is 14.4 Å². The highest BCUT2D eigenvalue weighted by Crippen LogP contribution is 2.20. The van der Waals surface area contributed by atoms with Gasteiger partial charge in [0, 0.05) is 12.7 Å². The van der Waals surface area contributed by atoms with Crippen LogP contribution in [0.25, 0.3) is 0 Å². The number of nitrogens with one attached hydrogen (secondary N) is 1. The third kappa shape index (κ3) is 5.10. The minimum atomic E-state index is -0.605. The average molecular weight is 404 g/mol. The van der Waals surface area contributed by atoms with Crippen LogP contribution in [0.3, 0.4) is 0 Å². The van der Waals surface area contributed by atoms with Crippen molar-refractivity contribution >= 4 is 29.3 Å². The molecular formula is C18H24N6O3S. The highest BCUT2D eigenvalue weighted by molar-refractivity contribution is 8.00. The van der Waals surface area contributed by atoms with E-state index in [0.29, 0.717) is 0 Å². The third-order valence-corrected chi connectivity index (χ3v) is 5.12. The summed E-state index contributed by atoms with van der Waals surface area (Å²) in [7, 11) is 1.54. The molecular weight excluding hydrogens is 380 g/mol. The number of benzene rings is 1. The number of likely N-dealkylation sites (N-methyl/N-ethyl adjacent to an activating group) is 1. The van der Waals surface area contributed by atoms with Crippen molar-refractivity contribution in [2.45, 2.75) is 37.6 Å². The second-order valence-electron chi connectivity index (χ2n) is 6.26. The summed E-state index contributed by atoms with van der Waals surface area (Å²) < 4.78 is 0.866. The van der Waals surface area contributed by atoms with E-state index in [-0.39, 0.29) is 29.2 Å². The summed E-state index contributed by atoms with van der Waals surface area (Å²) in [6.45, 7) is 5.06. The Labute approximate surface area is 167 Å². The van der Waals surface area contributed by atoms with Crippen LogP contribution in [-0.2, 0) is 16.0 Å². The first-order valence-electron chi connectivity index (χ1n) is 8.75. The Bertz CT molecular complexity index is 930. The van der Waals surface area contributed by atoms with Gasteiger partial charge >= 0.3 is 0 Å².